The monoisotopic (exact) mass is 256 g/mol. The first kappa shape index (κ1) is 13.2. The van der Waals surface area contributed by atoms with Crippen LogP contribution in [0.1, 0.15) is 16.6 Å². The summed E-state index contributed by atoms with van der Waals surface area (Å²) in [6.45, 7) is 1.30. The summed E-state index contributed by atoms with van der Waals surface area (Å²) in [4.78, 5) is 34.4. The van der Waals surface area contributed by atoms with Crippen molar-refractivity contribution in [1.82, 2.24) is 4.90 Å². The summed E-state index contributed by atoms with van der Waals surface area (Å²) >= 11 is 0.970. The standard InChI is InChI=1S/C10H12N2O4S/c1-6(13)12(2)5-8(14)11-9-4-3-7(17-9)10(15)16/h3-4H,5H2,1-2H3,(H,11,14)(H,15,16). The molecule has 2 N–H and O–H groups in total. The number of rotatable bonds is 4. The minimum absolute atomic E-state index is 0.0599. The Bertz CT molecular complexity index is 455. The van der Waals surface area contributed by atoms with Gasteiger partial charge in [-0.05, 0) is 12.1 Å². The predicted octanol–water partition coefficient (Wildman–Crippen LogP) is 0.863. The molecule has 0 saturated carbocycles. The average Bonchev–Trinajstić information content (AvgIpc) is 2.65. The normalized spacial score (nSPS) is 9.76. The van der Waals surface area contributed by atoms with E-state index in [-0.39, 0.29) is 23.2 Å². The average molecular weight is 256 g/mol. The molecule has 0 aliphatic rings. The van der Waals surface area contributed by atoms with E-state index in [1.807, 2.05) is 0 Å². The maximum absolute atomic E-state index is 11.5. The van der Waals surface area contributed by atoms with Crippen molar-refractivity contribution >= 4 is 34.1 Å². The number of carboxylic acid groups (broad SMARTS) is 1. The van der Waals surface area contributed by atoms with E-state index >= 15 is 0 Å². The molecular weight excluding hydrogens is 244 g/mol. The molecule has 0 saturated heterocycles. The zero-order valence-electron chi connectivity index (χ0n) is 9.39. The fraction of sp³-hybridized carbons (Fsp3) is 0.300. The quantitative estimate of drug-likeness (QED) is 0.836. The molecule has 0 radical (unpaired) electrons. The molecule has 0 fully saturated rings. The predicted molar refractivity (Wildman–Crippen MR) is 63.2 cm³/mol. The van der Waals surface area contributed by atoms with Crippen molar-refractivity contribution in [2.24, 2.45) is 0 Å². The fourth-order valence-electron chi connectivity index (χ4n) is 1.02. The van der Waals surface area contributed by atoms with E-state index in [0.717, 1.165) is 11.3 Å². The van der Waals surface area contributed by atoms with Crippen LogP contribution >= 0.6 is 11.3 Å². The summed E-state index contributed by atoms with van der Waals surface area (Å²) in [6, 6.07) is 2.93. The highest BCUT2D eigenvalue weighted by molar-refractivity contribution is 7.18. The van der Waals surface area contributed by atoms with Gasteiger partial charge in [-0.1, -0.05) is 0 Å². The van der Waals surface area contributed by atoms with Crippen LogP contribution in [0, 0.1) is 0 Å². The van der Waals surface area contributed by atoms with Crippen LogP contribution in [0.2, 0.25) is 0 Å². The van der Waals surface area contributed by atoms with Gasteiger partial charge in [-0.25, -0.2) is 4.79 Å². The third kappa shape index (κ3) is 3.87. The molecule has 1 heterocycles. The van der Waals surface area contributed by atoms with Crippen LogP contribution < -0.4 is 5.32 Å². The van der Waals surface area contributed by atoms with Crippen molar-refractivity contribution in [3.8, 4) is 0 Å². The Balaban J connectivity index is 2.56. The van der Waals surface area contributed by atoms with Crippen molar-refractivity contribution in [2.45, 2.75) is 6.92 Å². The number of nitrogens with zero attached hydrogens (tertiary/aromatic N) is 1. The smallest absolute Gasteiger partial charge is 0.345 e. The van der Waals surface area contributed by atoms with Crippen LogP contribution in [0.5, 0.6) is 0 Å². The van der Waals surface area contributed by atoms with E-state index < -0.39 is 5.97 Å². The lowest BCUT2D eigenvalue weighted by Gasteiger charge is -2.13. The lowest BCUT2D eigenvalue weighted by molar-refractivity contribution is -0.131. The van der Waals surface area contributed by atoms with Crippen molar-refractivity contribution in [2.75, 3.05) is 18.9 Å². The van der Waals surface area contributed by atoms with Crippen LogP contribution in [0.4, 0.5) is 5.00 Å². The molecule has 1 aromatic rings. The van der Waals surface area contributed by atoms with E-state index in [4.69, 9.17) is 5.11 Å². The Morgan fingerprint density at radius 1 is 1.41 bits per heavy atom. The Kier molecular flexibility index (Phi) is 4.22. The molecule has 92 valence electrons. The highest BCUT2D eigenvalue weighted by Crippen LogP contribution is 2.21. The van der Waals surface area contributed by atoms with Crippen LogP contribution in [0.15, 0.2) is 12.1 Å². The number of carbonyl (C=O) groups excluding carboxylic acids is 2. The topological polar surface area (TPSA) is 86.7 Å². The van der Waals surface area contributed by atoms with Gasteiger partial charge in [0.2, 0.25) is 11.8 Å². The van der Waals surface area contributed by atoms with E-state index in [1.165, 1.54) is 31.0 Å². The lowest BCUT2D eigenvalue weighted by atomic mass is 10.4. The molecule has 6 nitrogen and oxygen atoms in total. The van der Waals surface area contributed by atoms with Gasteiger partial charge < -0.3 is 15.3 Å². The van der Waals surface area contributed by atoms with Crippen molar-refractivity contribution in [1.29, 1.82) is 0 Å². The Morgan fingerprint density at radius 2 is 2.06 bits per heavy atom. The van der Waals surface area contributed by atoms with Crippen molar-refractivity contribution in [3.63, 3.8) is 0 Å². The largest absolute Gasteiger partial charge is 0.477 e. The maximum Gasteiger partial charge on any atom is 0.345 e. The van der Waals surface area contributed by atoms with Crippen LogP contribution in [-0.4, -0.2) is 41.4 Å². The highest BCUT2D eigenvalue weighted by Gasteiger charge is 2.11. The van der Waals surface area contributed by atoms with E-state index in [1.54, 1.807) is 0 Å². The van der Waals surface area contributed by atoms with Crippen LogP contribution in [0.25, 0.3) is 0 Å². The second-order valence-corrected chi connectivity index (χ2v) is 4.48. The molecule has 0 aliphatic carbocycles. The summed E-state index contributed by atoms with van der Waals surface area (Å²) < 4.78 is 0. The summed E-state index contributed by atoms with van der Waals surface area (Å²) in [6.07, 6.45) is 0. The van der Waals surface area contributed by atoms with Crippen LogP contribution in [-0.2, 0) is 9.59 Å². The number of hydrogen-bond acceptors (Lipinski definition) is 4. The lowest BCUT2D eigenvalue weighted by Crippen LogP contribution is -2.33. The van der Waals surface area contributed by atoms with Crippen molar-refractivity contribution in [3.05, 3.63) is 17.0 Å². The van der Waals surface area contributed by atoms with Gasteiger partial charge in [0.05, 0.1) is 11.5 Å². The second kappa shape index (κ2) is 5.44. The third-order valence-electron chi connectivity index (χ3n) is 2.00. The van der Waals surface area contributed by atoms with E-state index in [2.05, 4.69) is 5.32 Å². The number of anilines is 1. The fourth-order valence-corrected chi connectivity index (χ4v) is 1.78. The van der Waals surface area contributed by atoms with Gasteiger partial charge in [-0.15, -0.1) is 11.3 Å². The summed E-state index contributed by atoms with van der Waals surface area (Å²) in [7, 11) is 1.51. The minimum Gasteiger partial charge on any atom is -0.477 e. The molecule has 0 aromatic carbocycles. The summed E-state index contributed by atoms with van der Waals surface area (Å²) in [5, 5.41) is 11.7. The first-order chi connectivity index (χ1) is 7.90. The van der Waals surface area contributed by atoms with Gasteiger partial charge in [0, 0.05) is 14.0 Å². The minimum atomic E-state index is -1.03. The molecular formula is C10H12N2O4S. The highest BCUT2D eigenvalue weighted by atomic mass is 32.1. The number of carbonyl (C=O) groups is 3. The Hall–Kier alpha value is -1.89. The number of nitrogens with one attached hydrogen (secondary N) is 1. The summed E-state index contributed by atoms with van der Waals surface area (Å²) in [5.41, 5.74) is 0. The first-order valence-electron chi connectivity index (χ1n) is 4.75. The maximum atomic E-state index is 11.5. The molecule has 0 spiro atoms. The molecule has 0 bridgehead atoms. The number of hydrogen-bond donors (Lipinski definition) is 2. The number of aromatic carboxylic acids is 1. The van der Waals surface area contributed by atoms with Gasteiger partial charge in [0.25, 0.3) is 0 Å². The molecule has 0 atom stereocenters. The van der Waals surface area contributed by atoms with Gasteiger partial charge in [0.15, 0.2) is 0 Å². The second-order valence-electron chi connectivity index (χ2n) is 3.39. The first-order valence-corrected chi connectivity index (χ1v) is 5.56. The zero-order chi connectivity index (χ0) is 13.0. The van der Waals surface area contributed by atoms with Gasteiger partial charge >= 0.3 is 5.97 Å². The molecule has 17 heavy (non-hydrogen) atoms. The third-order valence-corrected chi connectivity index (χ3v) is 2.99. The number of amides is 2. The number of carboxylic acids is 1. The Morgan fingerprint density at radius 3 is 2.53 bits per heavy atom. The molecule has 1 aromatic heterocycles. The Labute approximate surface area is 102 Å². The van der Waals surface area contributed by atoms with Gasteiger partial charge in [-0.2, -0.15) is 0 Å². The van der Waals surface area contributed by atoms with E-state index in [9.17, 15) is 14.4 Å². The van der Waals surface area contributed by atoms with Gasteiger partial charge in [0.1, 0.15) is 4.88 Å². The molecule has 2 amide bonds. The van der Waals surface area contributed by atoms with Gasteiger partial charge in [-0.3, -0.25) is 9.59 Å². The number of thiophene rings is 1. The van der Waals surface area contributed by atoms with E-state index in [0.29, 0.717) is 5.00 Å². The molecule has 1 rings (SSSR count). The number of likely N-dealkylation sites (N-methyl/N-ethyl adjacent to an activating group) is 1. The van der Waals surface area contributed by atoms with Crippen LogP contribution in [0.3, 0.4) is 0 Å². The molecule has 0 unspecified atom stereocenters. The zero-order valence-corrected chi connectivity index (χ0v) is 10.2. The molecule has 7 heteroatoms. The SMILES string of the molecule is CC(=O)N(C)CC(=O)Nc1ccc(C(=O)O)s1. The molecule has 0 aliphatic heterocycles. The van der Waals surface area contributed by atoms with Crippen molar-refractivity contribution < 1.29 is 19.5 Å². The summed E-state index contributed by atoms with van der Waals surface area (Å²) in [5.74, 6) is -1.60.